The molecule has 0 bridgehead atoms. The van der Waals surface area contributed by atoms with Gasteiger partial charge in [-0.3, -0.25) is 9.59 Å². The molecule has 0 aliphatic rings. The molecule has 0 unspecified atom stereocenters. The highest BCUT2D eigenvalue weighted by molar-refractivity contribution is 5.96. The van der Waals surface area contributed by atoms with Crippen molar-refractivity contribution in [2.75, 3.05) is 31.0 Å². The van der Waals surface area contributed by atoms with E-state index in [1.54, 1.807) is 42.5 Å². The average Bonchev–Trinajstić information content (AvgIpc) is 2.68. The van der Waals surface area contributed by atoms with E-state index < -0.39 is 5.97 Å². The normalized spacial score (nSPS) is 10.0. The zero-order valence-electron chi connectivity index (χ0n) is 15.5. The number of amides is 2. The molecule has 0 aliphatic carbocycles. The number of hydrogen-bond donors (Lipinski definition) is 1. The second kappa shape index (κ2) is 9.38. The maximum atomic E-state index is 12.3. The van der Waals surface area contributed by atoms with E-state index in [4.69, 9.17) is 4.74 Å². The molecule has 2 amide bonds. The maximum Gasteiger partial charge on any atom is 0.337 e. The first-order valence-electron chi connectivity index (χ1n) is 8.35. The lowest BCUT2D eigenvalue weighted by Gasteiger charge is -2.21. The van der Waals surface area contributed by atoms with Crippen molar-refractivity contribution in [2.24, 2.45) is 0 Å². The Balaban J connectivity index is 2.03. The van der Waals surface area contributed by atoms with E-state index in [0.717, 1.165) is 0 Å². The van der Waals surface area contributed by atoms with Gasteiger partial charge in [0.25, 0.3) is 0 Å². The number of nitrogens with zero attached hydrogens (tertiary/aromatic N) is 1. The molecule has 27 heavy (non-hydrogen) atoms. The molecule has 0 spiro atoms. The van der Waals surface area contributed by atoms with Gasteiger partial charge >= 0.3 is 5.97 Å². The molecule has 0 heterocycles. The smallest absolute Gasteiger partial charge is 0.337 e. The summed E-state index contributed by atoms with van der Waals surface area (Å²) in [6, 6.07) is 13.5. The van der Waals surface area contributed by atoms with Crippen LogP contribution in [0, 0.1) is 0 Å². The van der Waals surface area contributed by atoms with Crippen LogP contribution in [0.15, 0.2) is 48.5 Å². The Kier molecular flexibility index (Phi) is 6.93. The molecule has 2 aromatic rings. The number of hydrogen-bond acceptors (Lipinski definition) is 5. The van der Waals surface area contributed by atoms with E-state index in [0.29, 0.717) is 22.7 Å². The van der Waals surface area contributed by atoms with Gasteiger partial charge in [-0.25, -0.2) is 4.79 Å². The van der Waals surface area contributed by atoms with Gasteiger partial charge in [-0.1, -0.05) is 12.1 Å². The lowest BCUT2D eigenvalue weighted by molar-refractivity contribution is -0.117. The zero-order valence-corrected chi connectivity index (χ0v) is 15.5. The molecule has 0 fully saturated rings. The van der Waals surface area contributed by atoms with Crippen LogP contribution in [0.4, 0.5) is 11.4 Å². The van der Waals surface area contributed by atoms with Crippen molar-refractivity contribution in [3.63, 3.8) is 0 Å². The van der Waals surface area contributed by atoms with Crippen molar-refractivity contribution in [3.05, 3.63) is 54.1 Å². The van der Waals surface area contributed by atoms with Gasteiger partial charge in [0.05, 0.1) is 25.5 Å². The molecule has 7 nitrogen and oxygen atoms in total. The van der Waals surface area contributed by atoms with Crippen molar-refractivity contribution >= 4 is 29.2 Å². The fourth-order valence-electron chi connectivity index (χ4n) is 2.54. The highest BCUT2D eigenvalue weighted by Crippen LogP contribution is 2.23. The number of anilines is 2. The number of ether oxygens (including phenoxy) is 2. The molecule has 142 valence electrons. The highest BCUT2D eigenvalue weighted by Gasteiger charge is 2.15. The number of esters is 1. The fraction of sp³-hybridized carbons (Fsp3) is 0.250. The lowest BCUT2D eigenvalue weighted by atomic mass is 10.2. The van der Waals surface area contributed by atoms with Gasteiger partial charge in [-0.15, -0.1) is 0 Å². The van der Waals surface area contributed by atoms with Crippen molar-refractivity contribution in [3.8, 4) is 5.75 Å². The first-order chi connectivity index (χ1) is 13.0. The zero-order chi connectivity index (χ0) is 19.8. The summed E-state index contributed by atoms with van der Waals surface area (Å²) < 4.78 is 9.86. The number of carbonyl (C=O) groups is 3. The first kappa shape index (κ1) is 20.0. The van der Waals surface area contributed by atoms with Gasteiger partial charge in [0.15, 0.2) is 0 Å². The summed E-state index contributed by atoms with van der Waals surface area (Å²) in [5.41, 5.74) is 1.56. The van der Waals surface area contributed by atoms with Crippen LogP contribution in [0.3, 0.4) is 0 Å². The number of benzene rings is 2. The van der Waals surface area contributed by atoms with Crippen molar-refractivity contribution in [1.29, 1.82) is 0 Å². The van der Waals surface area contributed by atoms with E-state index in [9.17, 15) is 14.4 Å². The number of methoxy groups -OCH3 is 2. The Morgan fingerprint density at radius 1 is 1.00 bits per heavy atom. The van der Waals surface area contributed by atoms with E-state index in [-0.39, 0.29) is 24.8 Å². The third kappa shape index (κ3) is 5.31. The van der Waals surface area contributed by atoms with Crippen LogP contribution in [-0.2, 0) is 14.3 Å². The van der Waals surface area contributed by atoms with Gasteiger partial charge in [-0.05, 0) is 36.4 Å². The van der Waals surface area contributed by atoms with Crippen LogP contribution in [0.2, 0.25) is 0 Å². The summed E-state index contributed by atoms with van der Waals surface area (Å²) in [5.74, 6) is -0.331. The summed E-state index contributed by atoms with van der Waals surface area (Å²) in [4.78, 5) is 37.2. The molecular weight excluding hydrogens is 348 g/mol. The van der Waals surface area contributed by atoms with Gasteiger partial charge < -0.3 is 19.7 Å². The number of nitrogens with one attached hydrogen (secondary N) is 1. The molecule has 2 rings (SSSR count). The lowest BCUT2D eigenvalue weighted by Crippen LogP contribution is -2.32. The maximum absolute atomic E-state index is 12.3. The SMILES string of the molecule is COC(=O)c1ccc(N(CCC(=O)Nc2ccccc2OC)C(C)=O)cc1. The van der Waals surface area contributed by atoms with Crippen LogP contribution < -0.4 is 15.0 Å². The first-order valence-corrected chi connectivity index (χ1v) is 8.35. The van der Waals surface area contributed by atoms with E-state index in [2.05, 4.69) is 10.1 Å². The molecule has 7 heteroatoms. The van der Waals surface area contributed by atoms with Gasteiger partial charge in [0, 0.05) is 25.6 Å². The predicted octanol–water partition coefficient (Wildman–Crippen LogP) is 2.86. The van der Waals surface area contributed by atoms with Crippen molar-refractivity contribution < 1.29 is 23.9 Å². The minimum atomic E-state index is -0.452. The Morgan fingerprint density at radius 2 is 1.67 bits per heavy atom. The second-order valence-corrected chi connectivity index (χ2v) is 5.71. The molecule has 0 radical (unpaired) electrons. The van der Waals surface area contributed by atoms with Gasteiger partial charge in [0.1, 0.15) is 5.75 Å². The van der Waals surface area contributed by atoms with Gasteiger partial charge in [0.2, 0.25) is 11.8 Å². The highest BCUT2D eigenvalue weighted by atomic mass is 16.5. The average molecular weight is 370 g/mol. The summed E-state index contributed by atoms with van der Waals surface area (Å²) in [7, 11) is 2.83. The van der Waals surface area contributed by atoms with Crippen LogP contribution >= 0.6 is 0 Å². The summed E-state index contributed by atoms with van der Waals surface area (Å²) >= 11 is 0. The summed E-state index contributed by atoms with van der Waals surface area (Å²) in [6.45, 7) is 1.63. The minimum absolute atomic E-state index is 0.108. The summed E-state index contributed by atoms with van der Waals surface area (Å²) in [6.07, 6.45) is 0.108. The monoisotopic (exact) mass is 370 g/mol. The standard InChI is InChI=1S/C20H22N2O5/c1-14(23)22(16-10-8-15(9-11-16)20(25)27-3)13-12-19(24)21-17-6-4-5-7-18(17)26-2/h4-11H,12-13H2,1-3H3,(H,21,24). The Hall–Kier alpha value is -3.35. The van der Waals surface area contributed by atoms with Crippen LogP contribution in [0.25, 0.3) is 0 Å². The van der Waals surface area contributed by atoms with E-state index in [1.807, 2.05) is 6.07 Å². The Bertz CT molecular complexity index is 817. The van der Waals surface area contributed by atoms with Crippen molar-refractivity contribution in [1.82, 2.24) is 0 Å². The topological polar surface area (TPSA) is 84.9 Å². The van der Waals surface area contributed by atoms with Gasteiger partial charge in [-0.2, -0.15) is 0 Å². The third-order valence-corrected chi connectivity index (χ3v) is 3.92. The summed E-state index contributed by atoms with van der Waals surface area (Å²) in [5, 5.41) is 2.78. The molecule has 0 aromatic heterocycles. The third-order valence-electron chi connectivity index (χ3n) is 3.92. The minimum Gasteiger partial charge on any atom is -0.495 e. The molecule has 1 N–H and O–H groups in total. The molecule has 0 saturated carbocycles. The predicted molar refractivity (Wildman–Crippen MR) is 102 cm³/mol. The number of para-hydroxylation sites is 2. The molecule has 0 saturated heterocycles. The van der Waals surface area contributed by atoms with Crippen LogP contribution in [-0.4, -0.2) is 38.5 Å². The molecule has 2 aromatic carbocycles. The number of carbonyl (C=O) groups excluding carboxylic acids is 3. The molecule has 0 atom stereocenters. The van der Waals surface area contributed by atoms with Crippen LogP contribution in [0.1, 0.15) is 23.7 Å². The largest absolute Gasteiger partial charge is 0.495 e. The molecular formula is C20H22N2O5. The fourth-order valence-corrected chi connectivity index (χ4v) is 2.54. The van der Waals surface area contributed by atoms with E-state index >= 15 is 0 Å². The van der Waals surface area contributed by atoms with Crippen molar-refractivity contribution in [2.45, 2.75) is 13.3 Å². The van der Waals surface area contributed by atoms with Crippen LogP contribution in [0.5, 0.6) is 5.75 Å². The quantitative estimate of drug-likeness (QED) is 0.758. The second-order valence-electron chi connectivity index (χ2n) is 5.71. The van der Waals surface area contributed by atoms with E-state index in [1.165, 1.54) is 26.0 Å². The Labute approximate surface area is 157 Å². The number of rotatable bonds is 7. The molecule has 0 aliphatic heterocycles. The Morgan fingerprint density at radius 3 is 2.26 bits per heavy atom.